The van der Waals surface area contributed by atoms with Crippen LogP contribution in [0, 0.1) is 0 Å². The Hall–Kier alpha value is -2.12. The highest BCUT2D eigenvalue weighted by molar-refractivity contribution is 7.13. The second-order valence-electron chi connectivity index (χ2n) is 7.12. The number of nitrogens with zero attached hydrogens (tertiary/aromatic N) is 4. The molecule has 0 unspecified atom stereocenters. The molecule has 7 heteroatoms. The van der Waals surface area contributed by atoms with Gasteiger partial charge in [-0.15, -0.1) is 11.3 Å². The highest BCUT2D eigenvalue weighted by Crippen LogP contribution is 2.24. The number of benzene rings is 1. The predicted molar refractivity (Wildman–Crippen MR) is 108 cm³/mol. The molecule has 3 heterocycles. The second kappa shape index (κ2) is 8.27. The van der Waals surface area contributed by atoms with Crippen molar-refractivity contribution >= 4 is 22.4 Å². The molecule has 6 nitrogen and oxygen atoms in total. The van der Waals surface area contributed by atoms with Gasteiger partial charge in [0.25, 0.3) is 5.91 Å². The van der Waals surface area contributed by atoms with Crippen LogP contribution in [0.15, 0.2) is 29.6 Å². The number of anilines is 1. The molecule has 2 saturated heterocycles. The lowest BCUT2D eigenvalue weighted by molar-refractivity contribution is 0.0746. The van der Waals surface area contributed by atoms with Crippen molar-refractivity contribution in [1.29, 1.82) is 0 Å². The zero-order chi connectivity index (χ0) is 18.6. The van der Waals surface area contributed by atoms with Gasteiger partial charge in [0.1, 0.15) is 5.75 Å². The summed E-state index contributed by atoms with van der Waals surface area (Å²) in [5.41, 5.74) is 1.86. The van der Waals surface area contributed by atoms with Crippen molar-refractivity contribution < 1.29 is 9.53 Å². The molecule has 2 aromatic rings. The number of thiazole rings is 1. The summed E-state index contributed by atoms with van der Waals surface area (Å²) in [5, 5.41) is 3.26. The van der Waals surface area contributed by atoms with E-state index >= 15 is 0 Å². The van der Waals surface area contributed by atoms with Crippen LogP contribution in [0.1, 0.15) is 28.9 Å². The SMILES string of the molecule is COc1cccc(C(=O)N2CCN(c3nc(CN4CCCC4)cs3)CC2)c1. The topological polar surface area (TPSA) is 48.9 Å². The molecule has 4 rings (SSSR count). The van der Waals surface area contributed by atoms with Crippen molar-refractivity contribution in [3.63, 3.8) is 0 Å². The summed E-state index contributed by atoms with van der Waals surface area (Å²) in [6, 6.07) is 7.37. The van der Waals surface area contributed by atoms with Crippen LogP contribution in [-0.2, 0) is 6.54 Å². The fraction of sp³-hybridized carbons (Fsp3) is 0.500. The monoisotopic (exact) mass is 386 g/mol. The van der Waals surface area contributed by atoms with Crippen LogP contribution in [0.2, 0.25) is 0 Å². The second-order valence-corrected chi connectivity index (χ2v) is 7.95. The van der Waals surface area contributed by atoms with Gasteiger partial charge in [0.15, 0.2) is 5.13 Å². The third-order valence-electron chi connectivity index (χ3n) is 5.28. The van der Waals surface area contributed by atoms with Crippen molar-refractivity contribution in [1.82, 2.24) is 14.8 Å². The van der Waals surface area contributed by atoms with Gasteiger partial charge in [-0.3, -0.25) is 9.69 Å². The lowest BCUT2D eigenvalue weighted by atomic mass is 10.1. The lowest BCUT2D eigenvalue weighted by Crippen LogP contribution is -2.48. The summed E-state index contributed by atoms with van der Waals surface area (Å²) in [7, 11) is 1.62. The minimum absolute atomic E-state index is 0.0717. The molecule has 1 aromatic heterocycles. The van der Waals surface area contributed by atoms with E-state index in [1.54, 1.807) is 24.5 Å². The van der Waals surface area contributed by atoms with Gasteiger partial charge in [-0.1, -0.05) is 6.07 Å². The van der Waals surface area contributed by atoms with Crippen LogP contribution in [0.4, 0.5) is 5.13 Å². The van der Waals surface area contributed by atoms with Gasteiger partial charge < -0.3 is 14.5 Å². The number of likely N-dealkylation sites (tertiary alicyclic amines) is 1. The van der Waals surface area contributed by atoms with Crippen molar-refractivity contribution in [2.24, 2.45) is 0 Å². The first-order chi connectivity index (χ1) is 13.2. The van der Waals surface area contributed by atoms with E-state index in [2.05, 4.69) is 15.2 Å². The highest BCUT2D eigenvalue weighted by atomic mass is 32.1. The summed E-state index contributed by atoms with van der Waals surface area (Å²) in [5.74, 6) is 0.787. The minimum atomic E-state index is 0.0717. The Bertz CT molecular complexity index is 780. The number of hydrogen-bond donors (Lipinski definition) is 0. The van der Waals surface area contributed by atoms with Crippen molar-refractivity contribution in [2.45, 2.75) is 19.4 Å². The smallest absolute Gasteiger partial charge is 0.254 e. The van der Waals surface area contributed by atoms with Crippen molar-refractivity contribution in [3.05, 3.63) is 40.9 Å². The predicted octanol–water partition coefficient (Wildman–Crippen LogP) is 2.71. The molecule has 0 aliphatic carbocycles. The summed E-state index contributed by atoms with van der Waals surface area (Å²) in [6.45, 7) is 6.44. The van der Waals surface area contributed by atoms with Gasteiger partial charge >= 0.3 is 0 Å². The number of hydrogen-bond acceptors (Lipinski definition) is 6. The molecule has 0 saturated carbocycles. The fourth-order valence-corrected chi connectivity index (χ4v) is 4.59. The molecule has 0 N–H and O–H groups in total. The van der Waals surface area contributed by atoms with Crippen LogP contribution < -0.4 is 9.64 Å². The Morgan fingerprint density at radius 3 is 2.67 bits per heavy atom. The largest absolute Gasteiger partial charge is 0.497 e. The van der Waals surface area contributed by atoms with E-state index < -0.39 is 0 Å². The molecule has 27 heavy (non-hydrogen) atoms. The Balaban J connectivity index is 1.33. The number of ether oxygens (including phenoxy) is 1. The highest BCUT2D eigenvalue weighted by Gasteiger charge is 2.24. The molecule has 2 aliphatic heterocycles. The maximum atomic E-state index is 12.7. The number of amides is 1. The molecule has 1 aromatic carbocycles. The Morgan fingerprint density at radius 1 is 1.15 bits per heavy atom. The molecular weight excluding hydrogens is 360 g/mol. The molecule has 0 atom stereocenters. The first-order valence-electron chi connectivity index (χ1n) is 9.58. The van der Waals surface area contributed by atoms with E-state index in [4.69, 9.17) is 9.72 Å². The third kappa shape index (κ3) is 4.25. The standard InChI is InChI=1S/C20H26N4O2S/c1-26-18-6-4-5-16(13-18)19(25)23-9-11-24(12-10-23)20-21-17(15-27-20)14-22-7-2-3-8-22/h4-6,13,15H,2-3,7-12,14H2,1H3. The zero-order valence-corrected chi connectivity index (χ0v) is 16.6. The normalized spacial score (nSPS) is 18.1. The summed E-state index contributed by atoms with van der Waals surface area (Å²) in [6.07, 6.45) is 2.61. The lowest BCUT2D eigenvalue weighted by Gasteiger charge is -2.34. The number of rotatable bonds is 5. The van der Waals surface area contributed by atoms with Gasteiger partial charge in [0.2, 0.25) is 0 Å². The van der Waals surface area contributed by atoms with Gasteiger partial charge in [0.05, 0.1) is 12.8 Å². The van der Waals surface area contributed by atoms with E-state index in [1.165, 1.54) is 31.6 Å². The molecule has 2 fully saturated rings. The first kappa shape index (κ1) is 18.3. The van der Waals surface area contributed by atoms with E-state index in [0.717, 1.165) is 37.9 Å². The van der Waals surface area contributed by atoms with Crippen LogP contribution in [-0.4, -0.2) is 67.1 Å². The molecular formula is C20H26N4O2S. The van der Waals surface area contributed by atoms with E-state index in [-0.39, 0.29) is 5.91 Å². The summed E-state index contributed by atoms with van der Waals surface area (Å²) < 4.78 is 5.23. The van der Waals surface area contributed by atoms with Crippen molar-refractivity contribution in [2.75, 3.05) is 51.3 Å². The number of methoxy groups -OCH3 is 1. The summed E-state index contributed by atoms with van der Waals surface area (Å²) in [4.78, 5) is 24.3. The molecule has 144 valence electrons. The van der Waals surface area contributed by atoms with E-state index in [9.17, 15) is 4.79 Å². The Kier molecular flexibility index (Phi) is 5.59. The van der Waals surface area contributed by atoms with Gasteiger partial charge in [0, 0.05) is 43.7 Å². The molecule has 0 bridgehead atoms. The van der Waals surface area contributed by atoms with Gasteiger partial charge in [-0.25, -0.2) is 4.98 Å². The minimum Gasteiger partial charge on any atom is -0.497 e. The Labute approximate surface area is 164 Å². The number of carbonyl (C=O) groups excluding carboxylic acids is 1. The third-order valence-corrected chi connectivity index (χ3v) is 6.23. The van der Waals surface area contributed by atoms with E-state index in [1.807, 2.05) is 23.1 Å². The summed E-state index contributed by atoms with van der Waals surface area (Å²) >= 11 is 1.72. The maximum Gasteiger partial charge on any atom is 0.254 e. The van der Waals surface area contributed by atoms with Crippen LogP contribution in [0.25, 0.3) is 0 Å². The number of carbonyl (C=O) groups is 1. The van der Waals surface area contributed by atoms with Gasteiger partial charge in [-0.2, -0.15) is 0 Å². The Morgan fingerprint density at radius 2 is 1.93 bits per heavy atom. The molecule has 2 aliphatic rings. The molecule has 0 spiro atoms. The number of piperazine rings is 1. The molecule has 1 amide bonds. The van der Waals surface area contributed by atoms with Gasteiger partial charge in [-0.05, 0) is 44.1 Å². The van der Waals surface area contributed by atoms with Crippen LogP contribution >= 0.6 is 11.3 Å². The van der Waals surface area contributed by atoms with Crippen molar-refractivity contribution in [3.8, 4) is 5.75 Å². The maximum absolute atomic E-state index is 12.7. The average Bonchev–Trinajstić information content (AvgIpc) is 3.40. The van der Waals surface area contributed by atoms with Crippen LogP contribution in [0.5, 0.6) is 5.75 Å². The molecule has 0 radical (unpaired) electrons. The zero-order valence-electron chi connectivity index (χ0n) is 15.8. The quantitative estimate of drug-likeness (QED) is 0.791. The van der Waals surface area contributed by atoms with Crippen LogP contribution in [0.3, 0.4) is 0 Å². The van der Waals surface area contributed by atoms with E-state index in [0.29, 0.717) is 11.3 Å². The average molecular weight is 387 g/mol. The number of aromatic nitrogens is 1. The first-order valence-corrected chi connectivity index (χ1v) is 10.5. The fourth-order valence-electron chi connectivity index (χ4n) is 3.72.